The Kier molecular flexibility index (Phi) is 6.32. The van der Waals surface area contributed by atoms with Gasteiger partial charge >= 0.3 is 0 Å². The molecule has 0 aliphatic carbocycles. The smallest absolute Gasteiger partial charge is 0.226 e. The minimum absolute atomic E-state index is 0.364. The molecule has 156 valence electrons. The molecule has 0 saturated carbocycles. The molecule has 3 aromatic rings. The number of nitrogens with one attached hydrogen (secondary N) is 2. The molecule has 1 saturated heterocycles. The zero-order valence-corrected chi connectivity index (χ0v) is 17.6. The van der Waals surface area contributed by atoms with Crippen molar-refractivity contribution in [2.45, 2.75) is 32.9 Å². The predicted octanol–water partition coefficient (Wildman–Crippen LogP) is 3.98. The first kappa shape index (κ1) is 20.0. The molecule has 1 aliphatic rings. The number of oxazole rings is 1. The molecule has 2 heterocycles. The van der Waals surface area contributed by atoms with Crippen LogP contribution in [-0.2, 0) is 6.54 Å². The van der Waals surface area contributed by atoms with E-state index in [1.165, 1.54) is 11.3 Å². The highest BCUT2D eigenvalue weighted by Gasteiger charge is 2.23. The van der Waals surface area contributed by atoms with Crippen molar-refractivity contribution in [3.8, 4) is 11.5 Å². The summed E-state index contributed by atoms with van der Waals surface area (Å²) < 4.78 is 5.65. The number of nitrogens with zero attached hydrogens (tertiary/aromatic N) is 3. The highest BCUT2D eigenvalue weighted by atomic mass is 16.3. The second-order valence-electron chi connectivity index (χ2n) is 7.62. The maximum absolute atomic E-state index is 5.65. The van der Waals surface area contributed by atoms with Crippen molar-refractivity contribution in [1.82, 2.24) is 15.6 Å². The van der Waals surface area contributed by atoms with Gasteiger partial charge in [0.1, 0.15) is 12.0 Å². The predicted molar refractivity (Wildman–Crippen MR) is 122 cm³/mol. The number of hydrogen-bond donors (Lipinski definition) is 2. The number of aryl methyl sites for hydroxylation is 1. The monoisotopic (exact) mass is 403 g/mol. The van der Waals surface area contributed by atoms with E-state index in [2.05, 4.69) is 76.8 Å². The van der Waals surface area contributed by atoms with Crippen LogP contribution in [0.1, 0.15) is 24.6 Å². The fourth-order valence-corrected chi connectivity index (χ4v) is 3.63. The summed E-state index contributed by atoms with van der Waals surface area (Å²) in [5.74, 6) is 1.45. The van der Waals surface area contributed by atoms with E-state index in [1.54, 1.807) is 6.26 Å². The van der Waals surface area contributed by atoms with E-state index in [9.17, 15) is 0 Å². The first-order valence-corrected chi connectivity index (χ1v) is 10.6. The van der Waals surface area contributed by atoms with Crippen LogP contribution in [-0.4, -0.2) is 36.6 Å². The lowest BCUT2D eigenvalue weighted by Gasteiger charge is -2.20. The van der Waals surface area contributed by atoms with Crippen LogP contribution in [0.2, 0.25) is 0 Å². The van der Waals surface area contributed by atoms with Gasteiger partial charge in [0.25, 0.3) is 0 Å². The summed E-state index contributed by atoms with van der Waals surface area (Å²) in [7, 11) is 0. The average Bonchev–Trinajstić information content (AvgIpc) is 3.43. The molecule has 30 heavy (non-hydrogen) atoms. The third-order valence-electron chi connectivity index (χ3n) is 5.24. The van der Waals surface area contributed by atoms with Crippen molar-refractivity contribution in [2.24, 2.45) is 4.99 Å². The van der Waals surface area contributed by atoms with E-state index in [0.29, 0.717) is 18.5 Å². The molecule has 1 fully saturated rings. The number of para-hydroxylation sites is 1. The fourth-order valence-electron chi connectivity index (χ4n) is 3.63. The highest BCUT2D eigenvalue weighted by Crippen LogP contribution is 2.20. The van der Waals surface area contributed by atoms with Crippen LogP contribution in [0.4, 0.5) is 5.69 Å². The summed E-state index contributed by atoms with van der Waals surface area (Å²) in [5, 5.41) is 6.91. The number of guanidine groups is 1. The minimum Gasteiger partial charge on any atom is -0.444 e. The van der Waals surface area contributed by atoms with Gasteiger partial charge in [0.15, 0.2) is 5.96 Å². The summed E-state index contributed by atoms with van der Waals surface area (Å²) in [5.41, 5.74) is 4.29. The van der Waals surface area contributed by atoms with Crippen LogP contribution in [0.25, 0.3) is 11.5 Å². The van der Waals surface area contributed by atoms with E-state index in [4.69, 9.17) is 9.41 Å². The lowest BCUT2D eigenvalue weighted by molar-refractivity contribution is 0.572. The van der Waals surface area contributed by atoms with Crippen LogP contribution >= 0.6 is 0 Å². The third kappa shape index (κ3) is 5.00. The summed E-state index contributed by atoms with van der Waals surface area (Å²) in [6.07, 6.45) is 2.77. The van der Waals surface area contributed by atoms with E-state index in [1.807, 2.05) is 12.1 Å². The van der Waals surface area contributed by atoms with E-state index < -0.39 is 0 Å². The number of rotatable bonds is 6. The van der Waals surface area contributed by atoms with Gasteiger partial charge in [0, 0.05) is 36.9 Å². The number of hydrogen-bond acceptors (Lipinski definition) is 4. The van der Waals surface area contributed by atoms with Crippen LogP contribution in [0.5, 0.6) is 0 Å². The Labute approximate surface area is 178 Å². The molecule has 6 nitrogen and oxygen atoms in total. The van der Waals surface area contributed by atoms with Gasteiger partial charge < -0.3 is 20.0 Å². The van der Waals surface area contributed by atoms with Crippen LogP contribution in [0.3, 0.4) is 0 Å². The summed E-state index contributed by atoms with van der Waals surface area (Å²) in [6, 6.07) is 19.1. The van der Waals surface area contributed by atoms with Crippen LogP contribution in [0.15, 0.2) is 70.3 Å². The molecule has 6 heteroatoms. The van der Waals surface area contributed by atoms with Gasteiger partial charge in [-0.25, -0.2) is 9.98 Å². The molecule has 2 N–H and O–H groups in total. The van der Waals surface area contributed by atoms with Gasteiger partial charge in [-0.1, -0.05) is 35.9 Å². The first-order valence-electron chi connectivity index (χ1n) is 10.6. The molecule has 0 radical (unpaired) electrons. The minimum atomic E-state index is 0.364. The third-order valence-corrected chi connectivity index (χ3v) is 5.24. The first-order chi connectivity index (χ1) is 14.7. The molecular formula is C24H29N5O. The summed E-state index contributed by atoms with van der Waals surface area (Å²) in [4.78, 5) is 11.7. The molecule has 2 aromatic carbocycles. The zero-order valence-electron chi connectivity index (χ0n) is 17.6. The van der Waals surface area contributed by atoms with Gasteiger partial charge in [-0.3, -0.25) is 0 Å². The van der Waals surface area contributed by atoms with Gasteiger partial charge in [0.2, 0.25) is 5.89 Å². The number of aromatic nitrogens is 1. The Bertz CT molecular complexity index is 965. The maximum atomic E-state index is 5.65. The Hall–Kier alpha value is -3.28. The lowest BCUT2D eigenvalue weighted by atomic mass is 10.1. The second kappa shape index (κ2) is 9.48. The van der Waals surface area contributed by atoms with Crippen LogP contribution in [0, 0.1) is 6.92 Å². The molecule has 1 atom stereocenters. The maximum Gasteiger partial charge on any atom is 0.226 e. The fraction of sp³-hybridized carbons (Fsp3) is 0.333. The summed E-state index contributed by atoms with van der Waals surface area (Å²) >= 11 is 0. The molecule has 0 bridgehead atoms. The number of aliphatic imine (C=N–C) groups is 1. The van der Waals surface area contributed by atoms with Gasteiger partial charge in [-0.2, -0.15) is 0 Å². The van der Waals surface area contributed by atoms with E-state index in [-0.39, 0.29) is 0 Å². The Balaban J connectivity index is 1.37. The van der Waals surface area contributed by atoms with E-state index >= 15 is 0 Å². The molecule has 1 aromatic heterocycles. The second-order valence-corrected chi connectivity index (χ2v) is 7.62. The molecule has 4 rings (SSSR count). The quantitative estimate of drug-likeness (QED) is 0.481. The van der Waals surface area contributed by atoms with Crippen LogP contribution < -0.4 is 15.5 Å². The lowest BCUT2D eigenvalue weighted by Crippen LogP contribution is -2.44. The average molecular weight is 404 g/mol. The summed E-state index contributed by atoms with van der Waals surface area (Å²) in [6.45, 7) is 7.44. The SMILES string of the molecule is CCNC(=NCc1coc(-c2ccc(C)cc2)n1)NC1CCN(c2ccccc2)C1. The Morgan fingerprint density at radius 1 is 1.17 bits per heavy atom. The molecule has 0 spiro atoms. The van der Waals surface area contributed by atoms with Gasteiger partial charge in [-0.15, -0.1) is 0 Å². The molecule has 1 aliphatic heterocycles. The number of anilines is 1. The highest BCUT2D eigenvalue weighted by molar-refractivity contribution is 5.80. The Morgan fingerprint density at radius 2 is 1.97 bits per heavy atom. The molecular weight excluding hydrogens is 374 g/mol. The van der Waals surface area contributed by atoms with Gasteiger partial charge in [0.05, 0.1) is 6.54 Å². The molecule has 1 unspecified atom stereocenters. The standard InChI is InChI=1S/C24H29N5O/c1-3-25-24(28-20-13-14-29(16-20)22-7-5-4-6-8-22)26-15-21-17-30-23(27-21)19-11-9-18(2)10-12-19/h4-12,17,20H,3,13-16H2,1-2H3,(H2,25,26,28). The molecule has 0 amide bonds. The van der Waals surface area contributed by atoms with Crippen molar-refractivity contribution in [3.05, 3.63) is 72.1 Å². The largest absolute Gasteiger partial charge is 0.444 e. The van der Waals surface area contributed by atoms with Crippen molar-refractivity contribution >= 4 is 11.6 Å². The van der Waals surface area contributed by atoms with Gasteiger partial charge in [-0.05, 0) is 44.5 Å². The van der Waals surface area contributed by atoms with Crippen molar-refractivity contribution in [2.75, 3.05) is 24.5 Å². The van der Waals surface area contributed by atoms with Crippen molar-refractivity contribution in [1.29, 1.82) is 0 Å². The zero-order chi connectivity index (χ0) is 20.8. The topological polar surface area (TPSA) is 65.7 Å². The number of benzene rings is 2. The van der Waals surface area contributed by atoms with Crippen molar-refractivity contribution in [3.63, 3.8) is 0 Å². The normalized spacial score (nSPS) is 16.7. The Morgan fingerprint density at radius 3 is 2.73 bits per heavy atom. The van der Waals surface area contributed by atoms with E-state index in [0.717, 1.165) is 43.3 Å². The van der Waals surface area contributed by atoms with Crippen molar-refractivity contribution < 1.29 is 4.42 Å².